The predicted molar refractivity (Wildman–Crippen MR) is 161 cm³/mol. The molecule has 14 heteroatoms. The van der Waals surface area contributed by atoms with Crippen molar-refractivity contribution in [1.82, 2.24) is 29.9 Å². The molecule has 0 amide bonds. The van der Waals surface area contributed by atoms with Crippen LogP contribution in [0.2, 0.25) is 10.0 Å². The van der Waals surface area contributed by atoms with Crippen molar-refractivity contribution in [3.8, 4) is 6.07 Å². The number of thiazole rings is 1. The Morgan fingerprint density at radius 3 is 2.67 bits per heavy atom. The smallest absolute Gasteiger partial charge is 0.141 e. The molecule has 2 aromatic carbocycles. The first kappa shape index (κ1) is 28.3. The second kappa shape index (κ2) is 12.6. The zero-order chi connectivity index (χ0) is 29.1. The number of nitrogens with zero attached hydrogens (tertiary/aromatic N) is 7. The van der Waals surface area contributed by atoms with Crippen LogP contribution < -0.4 is 10.6 Å². The Hall–Kier alpha value is -3.86. The number of halogens is 3. The van der Waals surface area contributed by atoms with Gasteiger partial charge in [-0.3, -0.25) is 14.6 Å². The van der Waals surface area contributed by atoms with Gasteiger partial charge in [0.2, 0.25) is 0 Å². The number of hydrogen-bond donors (Lipinski definition) is 2. The highest BCUT2D eigenvalue weighted by Gasteiger charge is 2.22. The SMILES string of the molecule is N#Cc1cnc2c(Cl)cc(NC(c3cscn3)c3cn(CCN4CCOCC4)nn3)cc2c1Nc1ccc(F)c(Cl)c1. The van der Waals surface area contributed by atoms with E-state index >= 15 is 0 Å². The summed E-state index contributed by atoms with van der Waals surface area (Å²) in [7, 11) is 0. The average Bonchev–Trinajstić information content (AvgIpc) is 3.71. The van der Waals surface area contributed by atoms with Gasteiger partial charge in [0, 0.05) is 48.0 Å². The lowest BCUT2D eigenvalue weighted by Crippen LogP contribution is -2.38. The molecule has 3 aromatic heterocycles. The Morgan fingerprint density at radius 1 is 1.07 bits per heavy atom. The van der Waals surface area contributed by atoms with Crippen LogP contribution in [0.15, 0.2) is 53.6 Å². The van der Waals surface area contributed by atoms with E-state index in [-0.39, 0.29) is 10.6 Å². The number of benzene rings is 2. The number of anilines is 3. The summed E-state index contributed by atoms with van der Waals surface area (Å²) in [5, 5.41) is 28.3. The van der Waals surface area contributed by atoms with Crippen LogP contribution in [0.25, 0.3) is 10.9 Å². The van der Waals surface area contributed by atoms with Crippen molar-refractivity contribution in [2.75, 3.05) is 43.5 Å². The first-order valence-corrected chi connectivity index (χ1v) is 14.8. The number of hydrogen-bond acceptors (Lipinski definition) is 10. The van der Waals surface area contributed by atoms with E-state index in [1.54, 1.807) is 17.6 Å². The van der Waals surface area contributed by atoms with Crippen molar-refractivity contribution in [1.29, 1.82) is 5.26 Å². The van der Waals surface area contributed by atoms with E-state index in [0.29, 0.717) is 45.2 Å². The Balaban J connectivity index is 1.32. The second-order valence-corrected chi connectivity index (χ2v) is 11.2. The lowest BCUT2D eigenvalue weighted by Gasteiger charge is -2.26. The summed E-state index contributed by atoms with van der Waals surface area (Å²) in [4.78, 5) is 11.3. The van der Waals surface area contributed by atoms with Crippen molar-refractivity contribution >= 4 is 62.5 Å². The fraction of sp³-hybridized carbons (Fsp3) is 0.250. The third kappa shape index (κ3) is 6.16. The molecule has 4 heterocycles. The summed E-state index contributed by atoms with van der Waals surface area (Å²) < 4.78 is 21.0. The van der Waals surface area contributed by atoms with E-state index in [9.17, 15) is 9.65 Å². The fourth-order valence-electron chi connectivity index (χ4n) is 4.73. The van der Waals surface area contributed by atoms with Gasteiger partial charge in [-0.15, -0.1) is 16.4 Å². The number of nitriles is 1. The molecule has 6 rings (SSSR count). The predicted octanol–water partition coefficient (Wildman–Crippen LogP) is 5.88. The standard InChI is InChI=1S/C28H24Cl2FN9OS/c29-21-10-18(1-2-23(21)31)35-26-17(12-32)13-33-27-20(26)9-19(11-22(27)30)36-28(25-15-42-16-34-25)24-14-40(38-37-24)4-3-39-5-7-41-8-6-39/h1-2,9-11,13-16,28,36H,3-8H2,(H,33,35). The topological polar surface area (TPSA) is 117 Å². The largest absolute Gasteiger partial charge is 0.379 e. The normalized spacial score (nSPS) is 14.5. The Labute approximate surface area is 254 Å². The highest BCUT2D eigenvalue weighted by Crippen LogP contribution is 2.37. The first-order chi connectivity index (χ1) is 20.5. The van der Waals surface area contributed by atoms with E-state index in [4.69, 9.17) is 27.9 Å². The summed E-state index contributed by atoms with van der Waals surface area (Å²) in [5.41, 5.74) is 5.65. The molecule has 1 aliphatic rings. The number of morpholine rings is 1. The van der Waals surface area contributed by atoms with Crippen molar-refractivity contribution in [2.24, 2.45) is 0 Å². The van der Waals surface area contributed by atoms with E-state index in [0.717, 1.165) is 38.5 Å². The number of fused-ring (bicyclic) bond motifs is 1. The Kier molecular flexibility index (Phi) is 8.46. The average molecular weight is 625 g/mol. The van der Waals surface area contributed by atoms with Crippen molar-refractivity contribution in [2.45, 2.75) is 12.6 Å². The maximum Gasteiger partial charge on any atom is 0.141 e. The fourth-order valence-corrected chi connectivity index (χ4v) is 5.76. The van der Waals surface area contributed by atoms with Crippen LogP contribution in [0.1, 0.15) is 23.0 Å². The van der Waals surface area contributed by atoms with E-state index in [2.05, 4.69) is 41.9 Å². The van der Waals surface area contributed by atoms with Crippen LogP contribution in [0, 0.1) is 17.1 Å². The molecule has 0 aliphatic carbocycles. The molecule has 0 radical (unpaired) electrons. The van der Waals surface area contributed by atoms with Gasteiger partial charge in [-0.1, -0.05) is 28.4 Å². The van der Waals surface area contributed by atoms with Gasteiger partial charge in [-0.25, -0.2) is 9.37 Å². The quantitative estimate of drug-likeness (QED) is 0.208. The van der Waals surface area contributed by atoms with Crippen LogP contribution >= 0.6 is 34.5 Å². The summed E-state index contributed by atoms with van der Waals surface area (Å²) in [6.07, 6.45) is 3.36. The monoisotopic (exact) mass is 623 g/mol. The number of rotatable bonds is 9. The van der Waals surface area contributed by atoms with Crippen LogP contribution in [0.5, 0.6) is 0 Å². The van der Waals surface area contributed by atoms with Gasteiger partial charge in [0.05, 0.1) is 64.0 Å². The van der Waals surface area contributed by atoms with Gasteiger partial charge >= 0.3 is 0 Å². The molecule has 0 saturated carbocycles. The lowest BCUT2D eigenvalue weighted by molar-refractivity contribution is 0.0359. The number of ether oxygens (including phenoxy) is 1. The second-order valence-electron chi connectivity index (χ2n) is 9.62. The first-order valence-electron chi connectivity index (χ1n) is 13.1. The van der Waals surface area contributed by atoms with Crippen LogP contribution in [0.4, 0.5) is 21.5 Å². The zero-order valence-electron chi connectivity index (χ0n) is 22.1. The van der Waals surface area contributed by atoms with Gasteiger partial charge in [-0.05, 0) is 30.3 Å². The van der Waals surface area contributed by atoms with Crippen molar-refractivity contribution in [3.63, 3.8) is 0 Å². The highest BCUT2D eigenvalue weighted by molar-refractivity contribution is 7.07. The minimum Gasteiger partial charge on any atom is -0.379 e. The summed E-state index contributed by atoms with van der Waals surface area (Å²) in [5.74, 6) is -0.539. The van der Waals surface area contributed by atoms with E-state index < -0.39 is 11.9 Å². The van der Waals surface area contributed by atoms with Crippen LogP contribution in [-0.4, -0.2) is 62.7 Å². The Bertz CT molecular complexity index is 1750. The maximum atomic E-state index is 13.8. The van der Waals surface area contributed by atoms with Gasteiger partial charge in [-0.2, -0.15) is 5.26 Å². The molecule has 42 heavy (non-hydrogen) atoms. The molecule has 0 bridgehead atoms. The molecule has 1 aliphatic heterocycles. The third-order valence-electron chi connectivity index (χ3n) is 6.89. The molecular weight excluding hydrogens is 600 g/mol. The van der Waals surface area contributed by atoms with Gasteiger partial charge < -0.3 is 15.4 Å². The van der Waals surface area contributed by atoms with Gasteiger partial charge in [0.25, 0.3) is 0 Å². The molecule has 1 fully saturated rings. The Morgan fingerprint density at radius 2 is 1.90 bits per heavy atom. The maximum absolute atomic E-state index is 13.8. The molecule has 1 atom stereocenters. The third-order valence-corrected chi connectivity index (χ3v) is 8.08. The molecule has 1 unspecified atom stereocenters. The highest BCUT2D eigenvalue weighted by atomic mass is 35.5. The summed E-state index contributed by atoms with van der Waals surface area (Å²) in [6.45, 7) is 4.84. The molecule has 0 spiro atoms. The summed E-state index contributed by atoms with van der Waals surface area (Å²) >= 11 is 14.2. The molecule has 214 valence electrons. The van der Waals surface area contributed by atoms with Gasteiger partial charge in [0.1, 0.15) is 23.6 Å². The molecule has 5 aromatic rings. The van der Waals surface area contributed by atoms with Crippen LogP contribution in [-0.2, 0) is 11.3 Å². The zero-order valence-corrected chi connectivity index (χ0v) is 24.4. The van der Waals surface area contributed by atoms with E-state index in [1.165, 1.54) is 29.7 Å². The van der Waals surface area contributed by atoms with Crippen molar-refractivity contribution < 1.29 is 9.13 Å². The molecular formula is C28H24Cl2FN9OS. The molecule has 1 saturated heterocycles. The van der Waals surface area contributed by atoms with Gasteiger partial charge in [0.15, 0.2) is 0 Å². The minimum absolute atomic E-state index is 0.0404. The number of aromatic nitrogens is 5. The van der Waals surface area contributed by atoms with Crippen LogP contribution in [0.3, 0.4) is 0 Å². The van der Waals surface area contributed by atoms with Crippen molar-refractivity contribution in [3.05, 3.63) is 86.4 Å². The summed E-state index contributed by atoms with van der Waals surface area (Å²) in [6, 6.07) is 9.62. The van der Waals surface area contributed by atoms with E-state index in [1.807, 2.05) is 22.3 Å². The minimum atomic E-state index is -0.539. The number of nitrogens with one attached hydrogen (secondary N) is 2. The lowest BCUT2D eigenvalue weighted by atomic mass is 10.1. The number of pyridine rings is 1. The molecule has 10 nitrogen and oxygen atoms in total. The molecule has 2 N–H and O–H groups in total.